The van der Waals surface area contributed by atoms with Crippen LogP contribution in [-0.4, -0.2) is 75.8 Å². The standard InChI is InChI=1S/C16H23N3O8S2/c1-3-26-15(24)7(5-28)17-13(22)9-11(20)12(21)10(19-9)14(23)18-8(6-29)16(25)27-4-2/h7-8,19-21,28-29H,3-6H2,1-2H3,(H,17,22)(H,18,23). The van der Waals surface area contributed by atoms with Crippen molar-refractivity contribution in [3.05, 3.63) is 11.4 Å². The van der Waals surface area contributed by atoms with Gasteiger partial charge in [0.15, 0.2) is 22.9 Å². The lowest BCUT2D eigenvalue weighted by Gasteiger charge is -2.15. The molecule has 0 aliphatic heterocycles. The van der Waals surface area contributed by atoms with E-state index in [1.807, 2.05) is 0 Å². The van der Waals surface area contributed by atoms with Gasteiger partial charge in [-0.15, -0.1) is 0 Å². The van der Waals surface area contributed by atoms with Gasteiger partial charge in [0.1, 0.15) is 12.1 Å². The summed E-state index contributed by atoms with van der Waals surface area (Å²) in [4.78, 5) is 50.4. The number of carbonyl (C=O) groups excluding carboxylic acids is 4. The van der Waals surface area contributed by atoms with E-state index in [1.54, 1.807) is 13.8 Å². The Hall–Kier alpha value is -2.54. The number of H-pyrrole nitrogens is 1. The van der Waals surface area contributed by atoms with Gasteiger partial charge in [0.25, 0.3) is 11.8 Å². The maximum absolute atomic E-state index is 12.3. The third-order valence-electron chi connectivity index (χ3n) is 3.52. The quantitative estimate of drug-likeness (QED) is 0.187. The molecule has 0 saturated heterocycles. The number of aromatic nitrogens is 1. The van der Waals surface area contributed by atoms with E-state index in [9.17, 15) is 29.4 Å². The van der Waals surface area contributed by atoms with Crippen molar-refractivity contribution in [3.8, 4) is 11.5 Å². The molecule has 2 unspecified atom stereocenters. The molecule has 0 radical (unpaired) electrons. The summed E-state index contributed by atoms with van der Waals surface area (Å²) in [7, 11) is 0. The van der Waals surface area contributed by atoms with Crippen LogP contribution in [0.2, 0.25) is 0 Å². The minimum absolute atomic E-state index is 0.0879. The van der Waals surface area contributed by atoms with Crippen LogP contribution in [0.5, 0.6) is 11.5 Å². The van der Waals surface area contributed by atoms with Gasteiger partial charge in [-0.05, 0) is 13.8 Å². The third-order valence-corrected chi connectivity index (χ3v) is 4.25. The first-order valence-electron chi connectivity index (χ1n) is 8.52. The molecule has 1 aromatic heterocycles. The number of hydrogen-bond donors (Lipinski definition) is 7. The van der Waals surface area contributed by atoms with Crippen LogP contribution >= 0.6 is 25.3 Å². The zero-order chi connectivity index (χ0) is 22.1. The van der Waals surface area contributed by atoms with Gasteiger partial charge in [-0.3, -0.25) is 9.59 Å². The molecular formula is C16H23N3O8S2. The highest BCUT2D eigenvalue weighted by Crippen LogP contribution is 2.33. The molecule has 0 saturated carbocycles. The molecule has 1 aromatic rings. The van der Waals surface area contributed by atoms with E-state index in [2.05, 4.69) is 40.9 Å². The average Bonchev–Trinajstić information content (AvgIpc) is 2.99. The van der Waals surface area contributed by atoms with E-state index in [-0.39, 0.29) is 24.7 Å². The summed E-state index contributed by atoms with van der Waals surface area (Å²) in [6, 6.07) is -2.24. The normalized spacial score (nSPS) is 12.6. The van der Waals surface area contributed by atoms with Crippen LogP contribution in [-0.2, 0) is 19.1 Å². The van der Waals surface area contributed by atoms with E-state index >= 15 is 0 Å². The van der Waals surface area contributed by atoms with Crippen molar-refractivity contribution >= 4 is 49.0 Å². The largest absolute Gasteiger partial charge is 0.503 e. The van der Waals surface area contributed by atoms with Gasteiger partial charge in [-0.25, -0.2) is 9.59 Å². The monoisotopic (exact) mass is 449 g/mol. The number of hydrogen-bond acceptors (Lipinski definition) is 10. The molecule has 0 fully saturated rings. The Kier molecular flexibility index (Phi) is 9.68. The van der Waals surface area contributed by atoms with Gasteiger partial charge < -0.3 is 35.3 Å². The average molecular weight is 450 g/mol. The summed E-state index contributed by atoms with van der Waals surface area (Å²) in [5, 5.41) is 24.5. The molecule has 2 amide bonds. The highest BCUT2D eigenvalue weighted by Gasteiger charge is 2.30. The van der Waals surface area contributed by atoms with Crippen LogP contribution in [0, 0.1) is 0 Å². The fraction of sp³-hybridized carbons (Fsp3) is 0.500. The topological polar surface area (TPSA) is 167 Å². The van der Waals surface area contributed by atoms with Crippen molar-refractivity contribution in [2.75, 3.05) is 24.7 Å². The zero-order valence-corrected chi connectivity index (χ0v) is 17.5. The lowest BCUT2D eigenvalue weighted by molar-refractivity contribution is -0.145. The van der Waals surface area contributed by atoms with Gasteiger partial charge >= 0.3 is 11.9 Å². The van der Waals surface area contributed by atoms with Crippen molar-refractivity contribution in [2.45, 2.75) is 25.9 Å². The third kappa shape index (κ3) is 6.22. The Labute approximate surface area is 177 Å². The number of nitrogens with one attached hydrogen (secondary N) is 3. The molecule has 162 valence electrons. The predicted molar refractivity (Wildman–Crippen MR) is 108 cm³/mol. The Bertz CT molecular complexity index is 707. The van der Waals surface area contributed by atoms with Crippen LogP contribution in [0.4, 0.5) is 0 Å². The molecule has 5 N–H and O–H groups in total. The molecule has 0 aliphatic rings. The number of aromatic hydroxyl groups is 2. The number of amides is 2. The summed E-state index contributed by atoms with van der Waals surface area (Å²) >= 11 is 7.90. The Morgan fingerprint density at radius 2 is 1.21 bits per heavy atom. The summed E-state index contributed by atoms with van der Waals surface area (Å²) < 4.78 is 9.58. The first-order valence-corrected chi connectivity index (χ1v) is 9.78. The van der Waals surface area contributed by atoms with E-state index in [1.165, 1.54) is 0 Å². The maximum atomic E-state index is 12.3. The molecule has 0 bridgehead atoms. The number of thiol groups is 2. The molecule has 0 aliphatic carbocycles. The van der Waals surface area contributed by atoms with Crippen LogP contribution in [0.3, 0.4) is 0 Å². The van der Waals surface area contributed by atoms with Gasteiger partial charge in [0.2, 0.25) is 0 Å². The SMILES string of the molecule is CCOC(=O)C(CS)NC(=O)c1[nH]c(C(=O)NC(CS)C(=O)OCC)c(O)c1O. The summed E-state index contributed by atoms with van der Waals surface area (Å²) in [6.45, 7) is 3.35. The Balaban J connectivity index is 3.01. The minimum Gasteiger partial charge on any atom is -0.503 e. The Morgan fingerprint density at radius 1 is 0.862 bits per heavy atom. The molecule has 29 heavy (non-hydrogen) atoms. The van der Waals surface area contributed by atoms with Gasteiger partial charge in [0, 0.05) is 11.5 Å². The van der Waals surface area contributed by atoms with Crippen LogP contribution in [0.15, 0.2) is 0 Å². The molecule has 1 rings (SSSR count). The summed E-state index contributed by atoms with van der Waals surface area (Å²) in [6.07, 6.45) is 0. The summed E-state index contributed by atoms with van der Waals surface area (Å²) in [5.41, 5.74) is -1.13. The smallest absolute Gasteiger partial charge is 0.329 e. The number of ether oxygens (including phenoxy) is 2. The fourth-order valence-electron chi connectivity index (χ4n) is 2.11. The first kappa shape index (κ1) is 24.5. The maximum Gasteiger partial charge on any atom is 0.329 e. The molecule has 2 atom stereocenters. The Morgan fingerprint density at radius 3 is 1.48 bits per heavy atom. The van der Waals surface area contributed by atoms with Gasteiger partial charge in [-0.2, -0.15) is 25.3 Å². The number of esters is 2. The molecule has 1 heterocycles. The lowest BCUT2D eigenvalue weighted by atomic mass is 10.2. The number of carbonyl (C=O) groups is 4. The van der Waals surface area contributed by atoms with E-state index in [0.717, 1.165) is 0 Å². The van der Waals surface area contributed by atoms with Crippen molar-refractivity contribution in [2.24, 2.45) is 0 Å². The van der Waals surface area contributed by atoms with Crippen molar-refractivity contribution in [3.63, 3.8) is 0 Å². The first-order chi connectivity index (χ1) is 13.7. The van der Waals surface area contributed by atoms with Gasteiger partial charge in [-0.1, -0.05) is 0 Å². The highest BCUT2D eigenvalue weighted by molar-refractivity contribution is 7.80. The van der Waals surface area contributed by atoms with Crippen molar-refractivity contribution in [1.29, 1.82) is 0 Å². The number of rotatable bonds is 10. The van der Waals surface area contributed by atoms with Gasteiger partial charge in [0.05, 0.1) is 13.2 Å². The van der Waals surface area contributed by atoms with Crippen LogP contribution in [0.25, 0.3) is 0 Å². The summed E-state index contributed by atoms with van der Waals surface area (Å²) in [5.74, 6) is -5.45. The zero-order valence-electron chi connectivity index (χ0n) is 15.7. The fourth-order valence-corrected chi connectivity index (χ4v) is 2.59. The van der Waals surface area contributed by atoms with Crippen LogP contribution < -0.4 is 10.6 Å². The van der Waals surface area contributed by atoms with E-state index in [4.69, 9.17) is 9.47 Å². The molecule has 0 spiro atoms. The van der Waals surface area contributed by atoms with E-state index in [0.29, 0.717) is 0 Å². The molecule has 13 heteroatoms. The molecular weight excluding hydrogens is 426 g/mol. The second kappa shape index (κ2) is 11.5. The van der Waals surface area contributed by atoms with E-state index < -0.39 is 58.7 Å². The van der Waals surface area contributed by atoms with Crippen LogP contribution in [0.1, 0.15) is 34.8 Å². The highest BCUT2D eigenvalue weighted by atomic mass is 32.1. The van der Waals surface area contributed by atoms with Crippen molar-refractivity contribution < 1.29 is 38.9 Å². The molecule has 11 nitrogen and oxygen atoms in total. The second-order valence-electron chi connectivity index (χ2n) is 5.49. The molecule has 0 aromatic carbocycles. The minimum atomic E-state index is -1.12. The van der Waals surface area contributed by atoms with Crippen molar-refractivity contribution in [1.82, 2.24) is 15.6 Å². The second-order valence-corrected chi connectivity index (χ2v) is 6.22. The number of aromatic amines is 1. The lowest BCUT2D eigenvalue weighted by Crippen LogP contribution is -2.44. The predicted octanol–water partition coefficient (Wildman–Crippen LogP) is -0.392.